The summed E-state index contributed by atoms with van der Waals surface area (Å²) in [4.78, 5) is 11.8. The molecule has 2 rings (SSSR count). The molecule has 0 N–H and O–H groups in total. The quantitative estimate of drug-likeness (QED) is 0.591. The van der Waals surface area contributed by atoms with Gasteiger partial charge in [0, 0.05) is 0 Å². The first-order valence-electron chi connectivity index (χ1n) is 5.60. The summed E-state index contributed by atoms with van der Waals surface area (Å²) in [5, 5.41) is 0. The largest absolute Gasteiger partial charge is 0.497 e. The Balaban J connectivity index is 2.02. The highest BCUT2D eigenvalue weighted by atomic mass is 16.6. The molecule has 2 atom stereocenters. The van der Waals surface area contributed by atoms with E-state index >= 15 is 0 Å². The molecular weight excluding hydrogens is 216 g/mol. The molecule has 0 saturated carbocycles. The number of carbonyl (C=O) groups is 1. The van der Waals surface area contributed by atoms with Crippen molar-refractivity contribution in [2.75, 3.05) is 7.11 Å². The molecular formula is C14H16O3. The van der Waals surface area contributed by atoms with Gasteiger partial charge in [0.2, 0.25) is 0 Å². The summed E-state index contributed by atoms with van der Waals surface area (Å²) in [7, 11) is 1.63. The first kappa shape index (κ1) is 11.9. The zero-order valence-electron chi connectivity index (χ0n) is 10.3. The van der Waals surface area contributed by atoms with Crippen molar-refractivity contribution in [3.05, 3.63) is 35.9 Å². The van der Waals surface area contributed by atoms with Gasteiger partial charge in [0.05, 0.1) is 13.2 Å². The van der Waals surface area contributed by atoms with Crippen LogP contribution >= 0.6 is 0 Å². The summed E-state index contributed by atoms with van der Waals surface area (Å²) in [6.07, 6.45) is 3.39. The van der Waals surface area contributed by atoms with Crippen molar-refractivity contribution in [3.8, 4) is 5.75 Å². The van der Waals surface area contributed by atoms with Crippen LogP contribution in [0.5, 0.6) is 5.75 Å². The maximum absolute atomic E-state index is 11.8. The molecule has 0 aliphatic carbocycles. The molecule has 90 valence electrons. The molecule has 1 heterocycles. The predicted octanol–water partition coefficient (Wildman–Crippen LogP) is 2.45. The Kier molecular flexibility index (Phi) is 3.03. The van der Waals surface area contributed by atoms with Gasteiger partial charge in [0.25, 0.3) is 0 Å². The first-order valence-corrected chi connectivity index (χ1v) is 5.60. The van der Waals surface area contributed by atoms with Gasteiger partial charge in [0.1, 0.15) is 5.75 Å². The Hall–Kier alpha value is -1.61. The van der Waals surface area contributed by atoms with Gasteiger partial charge in [-0.15, -0.1) is 0 Å². The average molecular weight is 232 g/mol. The smallest absolute Gasteiger partial charge is 0.189 e. The maximum Gasteiger partial charge on any atom is 0.189 e. The Morgan fingerprint density at radius 2 is 2.00 bits per heavy atom. The number of rotatable bonds is 4. The van der Waals surface area contributed by atoms with E-state index in [2.05, 4.69) is 0 Å². The monoisotopic (exact) mass is 232 g/mol. The van der Waals surface area contributed by atoms with Crippen LogP contribution in [0.3, 0.4) is 0 Å². The number of ketones is 1. The topological polar surface area (TPSA) is 38.8 Å². The van der Waals surface area contributed by atoms with Gasteiger partial charge in [-0.05, 0) is 37.6 Å². The van der Waals surface area contributed by atoms with E-state index in [0.29, 0.717) is 0 Å². The van der Waals surface area contributed by atoms with Crippen LogP contribution in [-0.4, -0.2) is 24.6 Å². The van der Waals surface area contributed by atoms with Crippen molar-refractivity contribution in [1.29, 1.82) is 0 Å². The van der Waals surface area contributed by atoms with Crippen LogP contribution in [0, 0.1) is 0 Å². The van der Waals surface area contributed by atoms with Crippen LogP contribution in [0.2, 0.25) is 0 Å². The summed E-state index contributed by atoms with van der Waals surface area (Å²) in [5.74, 6) is 0.820. The van der Waals surface area contributed by atoms with E-state index in [9.17, 15) is 4.79 Å². The van der Waals surface area contributed by atoms with Crippen LogP contribution in [0.1, 0.15) is 19.4 Å². The fourth-order valence-electron chi connectivity index (χ4n) is 1.64. The van der Waals surface area contributed by atoms with E-state index in [4.69, 9.17) is 9.47 Å². The minimum atomic E-state index is -0.608. The number of carbonyl (C=O) groups excluding carboxylic acids is 1. The molecule has 1 aliphatic rings. The maximum atomic E-state index is 11.8. The number of hydrogen-bond donors (Lipinski definition) is 0. The van der Waals surface area contributed by atoms with Crippen molar-refractivity contribution < 1.29 is 14.3 Å². The molecule has 1 aromatic rings. The van der Waals surface area contributed by atoms with Gasteiger partial charge in [-0.2, -0.15) is 0 Å². The Bertz CT molecular complexity index is 447. The number of benzene rings is 1. The normalized spacial score (nSPS) is 27.1. The predicted molar refractivity (Wildman–Crippen MR) is 66.0 cm³/mol. The molecule has 0 bridgehead atoms. The van der Waals surface area contributed by atoms with Crippen LogP contribution in [-0.2, 0) is 9.53 Å². The lowest BCUT2D eigenvalue weighted by molar-refractivity contribution is -0.118. The Labute approximate surface area is 101 Å². The van der Waals surface area contributed by atoms with E-state index in [1.807, 2.05) is 38.1 Å². The highest BCUT2D eigenvalue weighted by Crippen LogP contribution is 2.36. The fraction of sp³-hybridized carbons (Fsp3) is 0.357. The first-order chi connectivity index (χ1) is 8.06. The summed E-state index contributed by atoms with van der Waals surface area (Å²) in [6, 6.07) is 7.54. The van der Waals surface area contributed by atoms with Gasteiger partial charge in [-0.1, -0.05) is 18.2 Å². The standard InChI is InChI=1S/C14H16O3/c1-10-14(2,17-10)13(15)9-6-11-4-7-12(16-3)8-5-11/h4-10H,1-3H3/t10-,14+/m1/s1. The van der Waals surface area contributed by atoms with E-state index in [-0.39, 0.29) is 11.9 Å². The van der Waals surface area contributed by atoms with E-state index in [1.54, 1.807) is 19.3 Å². The van der Waals surface area contributed by atoms with E-state index < -0.39 is 5.60 Å². The number of hydrogen-bond acceptors (Lipinski definition) is 3. The molecule has 3 nitrogen and oxygen atoms in total. The van der Waals surface area contributed by atoms with Crippen molar-refractivity contribution in [1.82, 2.24) is 0 Å². The van der Waals surface area contributed by atoms with Crippen molar-refractivity contribution in [2.24, 2.45) is 0 Å². The van der Waals surface area contributed by atoms with E-state index in [0.717, 1.165) is 11.3 Å². The third kappa shape index (κ3) is 2.39. The molecule has 1 fully saturated rings. The zero-order valence-corrected chi connectivity index (χ0v) is 10.3. The van der Waals surface area contributed by atoms with Crippen LogP contribution in [0.25, 0.3) is 6.08 Å². The molecule has 0 amide bonds. The minimum absolute atomic E-state index is 0.0146. The molecule has 1 aromatic carbocycles. The lowest BCUT2D eigenvalue weighted by atomic mass is 10.0. The van der Waals surface area contributed by atoms with Crippen LogP contribution in [0.15, 0.2) is 30.3 Å². The molecule has 17 heavy (non-hydrogen) atoms. The van der Waals surface area contributed by atoms with Gasteiger partial charge >= 0.3 is 0 Å². The van der Waals surface area contributed by atoms with E-state index in [1.165, 1.54) is 0 Å². The summed E-state index contributed by atoms with van der Waals surface area (Å²) >= 11 is 0. The lowest BCUT2D eigenvalue weighted by Gasteiger charge is -2.00. The second kappa shape index (κ2) is 4.34. The minimum Gasteiger partial charge on any atom is -0.497 e. The molecule has 0 spiro atoms. The third-order valence-corrected chi connectivity index (χ3v) is 3.17. The highest BCUT2D eigenvalue weighted by molar-refractivity contribution is 6.01. The number of ether oxygens (including phenoxy) is 2. The van der Waals surface area contributed by atoms with Crippen molar-refractivity contribution in [3.63, 3.8) is 0 Å². The van der Waals surface area contributed by atoms with Crippen molar-refractivity contribution in [2.45, 2.75) is 25.6 Å². The summed E-state index contributed by atoms with van der Waals surface area (Å²) in [6.45, 7) is 3.72. The lowest BCUT2D eigenvalue weighted by Crippen LogP contribution is -2.20. The van der Waals surface area contributed by atoms with Gasteiger partial charge in [-0.3, -0.25) is 4.79 Å². The molecule has 3 heteroatoms. The van der Waals surface area contributed by atoms with Crippen LogP contribution in [0.4, 0.5) is 0 Å². The number of epoxide rings is 1. The van der Waals surface area contributed by atoms with Crippen molar-refractivity contribution >= 4 is 11.9 Å². The molecule has 0 unspecified atom stereocenters. The van der Waals surface area contributed by atoms with Gasteiger partial charge in [0.15, 0.2) is 11.4 Å². The SMILES string of the molecule is COc1ccc(C=CC(=O)[C@@]2(C)O[C@@H]2C)cc1. The summed E-state index contributed by atoms with van der Waals surface area (Å²) < 4.78 is 10.3. The second-order valence-electron chi connectivity index (χ2n) is 4.34. The van der Waals surface area contributed by atoms with Gasteiger partial charge < -0.3 is 9.47 Å². The fourth-order valence-corrected chi connectivity index (χ4v) is 1.64. The molecule has 1 aliphatic heterocycles. The average Bonchev–Trinajstić information content (AvgIpc) is 2.96. The number of methoxy groups -OCH3 is 1. The van der Waals surface area contributed by atoms with Gasteiger partial charge in [-0.25, -0.2) is 0 Å². The zero-order chi connectivity index (χ0) is 12.5. The summed E-state index contributed by atoms with van der Waals surface area (Å²) in [5.41, 5.74) is 0.360. The highest BCUT2D eigenvalue weighted by Gasteiger charge is 2.54. The molecule has 0 radical (unpaired) electrons. The molecule has 1 saturated heterocycles. The second-order valence-corrected chi connectivity index (χ2v) is 4.34. The molecule has 0 aromatic heterocycles. The van der Waals surface area contributed by atoms with Crippen LogP contribution < -0.4 is 4.74 Å². The Morgan fingerprint density at radius 1 is 1.41 bits per heavy atom. The Morgan fingerprint density at radius 3 is 2.47 bits per heavy atom. The third-order valence-electron chi connectivity index (χ3n) is 3.17.